The first-order valence-corrected chi connectivity index (χ1v) is 5.94. The van der Waals surface area contributed by atoms with Crippen molar-refractivity contribution in [2.45, 2.75) is 6.42 Å². The van der Waals surface area contributed by atoms with Crippen molar-refractivity contribution in [2.75, 3.05) is 7.11 Å². The van der Waals surface area contributed by atoms with Crippen molar-refractivity contribution in [1.29, 1.82) is 5.26 Å². The first-order valence-electron chi connectivity index (χ1n) is 5.94. The Bertz CT molecular complexity index is 712. The van der Waals surface area contributed by atoms with E-state index in [0.29, 0.717) is 16.5 Å². The van der Waals surface area contributed by atoms with Crippen molar-refractivity contribution < 1.29 is 14.3 Å². The van der Waals surface area contributed by atoms with Crippen LogP contribution in [0, 0.1) is 17.2 Å². The van der Waals surface area contributed by atoms with Gasteiger partial charge in [0.15, 0.2) is 0 Å². The number of methoxy groups -OCH3 is 1. The largest absolute Gasteiger partial charge is 0.465 e. The van der Waals surface area contributed by atoms with E-state index < -0.39 is 17.8 Å². The van der Waals surface area contributed by atoms with Gasteiger partial charge in [0.05, 0.1) is 18.7 Å². The molecule has 1 heterocycles. The van der Waals surface area contributed by atoms with Crippen LogP contribution in [0.4, 0.5) is 0 Å². The molecule has 0 saturated heterocycles. The average molecular weight is 271 g/mol. The quantitative estimate of drug-likeness (QED) is 0.812. The van der Waals surface area contributed by atoms with Gasteiger partial charge in [0, 0.05) is 17.1 Å². The summed E-state index contributed by atoms with van der Waals surface area (Å²) in [7, 11) is 1.30. The SMILES string of the molecule is COC(=O)c1cccc2[nH]cc(C[C@H](C#N)C(N)=O)c12. The number of carbonyl (C=O) groups is 2. The van der Waals surface area contributed by atoms with Crippen molar-refractivity contribution in [2.24, 2.45) is 11.7 Å². The predicted octanol–water partition coefficient (Wildman–Crippen LogP) is 1.12. The summed E-state index contributed by atoms with van der Waals surface area (Å²) in [6.07, 6.45) is 1.82. The Morgan fingerprint density at radius 1 is 1.50 bits per heavy atom. The minimum atomic E-state index is -0.931. The van der Waals surface area contributed by atoms with Gasteiger partial charge in [-0.15, -0.1) is 0 Å². The molecule has 1 aromatic heterocycles. The molecule has 1 amide bonds. The lowest BCUT2D eigenvalue weighted by atomic mass is 9.97. The van der Waals surface area contributed by atoms with Crippen LogP contribution in [0.1, 0.15) is 15.9 Å². The van der Waals surface area contributed by atoms with E-state index in [-0.39, 0.29) is 6.42 Å². The van der Waals surface area contributed by atoms with Crippen molar-refractivity contribution >= 4 is 22.8 Å². The van der Waals surface area contributed by atoms with Crippen LogP contribution in [-0.4, -0.2) is 24.0 Å². The predicted molar refractivity (Wildman–Crippen MR) is 71.6 cm³/mol. The van der Waals surface area contributed by atoms with Crippen LogP contribution in [0.2, 0.25) is 0 Å². The lowest BCUT2D eigenvalue weighted by molar-refractivity contribution is -0.120. The standard InChI is InChI=1S/C14H13N3O3/c1-20-14(19)10-3-2-4-11-12(10)9(7-17-11)5-8(6-15)13(16)18/h2-4,7-8,17H,5H2,1H3,(H2,16,18)/t8-/m1/s1. The number of carbonyl (C=O) groups excluding carboxylic acids is 2. The molecule has 0 aliphatic heterocycles. The molecule has 0 spiro atoms. The van der Waals surface area contributed by atoms with E-state index in [2.05, 4.69) is 4.98 Å². The summed E-state index contributed by atoms with van der Waals surface area (Å²) in [5, 5.41) is 9.59. The summed E-state index contributed by atoms with van der Waals surface area (Å²) in [6, 6.07) is 7.03. The number of H-pyrrole nitrogens is 1. The zero-order chi connectivity index (χ0) is 14.7. The highest BCUT2D eigenvalue weighted by atomic mass is 16.5. The second kappa shape index (κ2) is 5.45. The number of nitrogens with zero attached hydrogens (tertiary/aromatic N) is 1. The van der Waals surface area contributed by atoms with Crippen LogP contribution in [0.5, 0.6) is 0 Å². The number of primary amides is 1. The van der Waals surface area contributed by atoms with Gasteiger partial charge in [0.25, 0.3) is 0 Å². The molecular formula is C14H13N3O3. The number of fused-ring (bicyclic) bond motifs is 1. The maximum atomic E-state index is 11.8. The van der Waals surface area contributed by atoms with E-state index in [1.165, 1.54) is 7.11 Å². The van der Waals surface area contributed by atoms with Gasteiger partial charge in [-0.2, -0.15) is 5.26 Å². The zero-order valence-electron chi connectivity index (χ0n) is 10.8. The molecule has 20 heavy (non-hydrogen) atoms. The Balaban J connectivity index is 2.53. The zero-order valence-corrected chi connectivity index (χ0v) is 10.8. The van der Waals surface area contributed by atoms with Gasteiger partial charge in [-0.1, -0.05) is 6.07 Å². The van der Waals surface area contributed by atoms with Gasteiger partial charge >= 0.3 is 5.97 Å². The number of hydrogen-bond acceptors (Lipinski definition) is 4. The van der Waals surface area contributed by atoms with Crippen LogP contribution in [0.3, 0.4) is 0 Å². The Labute approximate surface area is 115 Å². The topological polar surface area (TPSA) is 109 Å². The van der Waals surface area contributed by atoms with Crippen LogP contribution >= 0.6 is 0 Å². The number of nitriles is 1. The van der Waals surface area contributed by atoms with Gasteiger partial charge in [0.2, 0.25) is 5.91 Å². The molecule has 0 bridgehead atoms. The van der Waals surface area contributed by atoms with Gasteiger partial charge in [0.1, 0.15) is 5.92 Å². The smallest absolute Gasteiger partial charge is 0.338 e. The number of nitrogens with one attached hydrogen (secondary N) is 1. The molecule has 0 radical (unpaired) electrons. The van der Waals surface area contributed by atoms with Crippen LogP contribution in [-0.2, 0) is 16.0 Å². The number of esters is 1. The molecule has 0 aliphatic carbocycles. The second-order valence-corrected chi connectivity index (χ2v) is 4.32. The molecule has 2 aromatic rings. The first kappa shape index (κ1) is 13.6. The maximum absolute atomic E-state index is 11.8. The summed E-state index contributed by atoms with van der Waals surface area (Å²) in [6.45, 7) is 0. The summed E-state index contributed by atoms with van der Waals surface area (Å²) in [5.74, 6) is -2.08. The van der Waals surface area contributed by atoms with E-state index >= 15 is 0 Å². The van der Waals surface area contributed by atoms with E-state index in [0.717, 1.165) is 5.52 Å². The fraction of sp³-hybridized carbons (Fsp3) is 0.214. The first-order chi connectivity index (χ1) is 9.58. The Morgan fingerprint density at radius 3 is 2.85 bits per heavy atom. The molecule has 102 valence electrons. The Kier molecular flexibility index (Phi) is 3.71. The third-order valence-corrected chi connectivity index (χ3v) is 3.12. The molecule has 2 rings (SSSR count). The molecular weight excluding hydrogens is 258 g/mol. The Morgan fingerprint density at radius 2 is 2.25 bits per heavy atom. The number of amides is 1. The van der Waals surface area contributed by atoms with Gasteiger partial charge < -0.3 is 15.5 Å². The van der Waals surface area contributed by atoms with Gasteiger partial charge in [-0.3, -0.25) is 4.79 Å². The molecule has 0 aliphatic rings. The lowest BCUT2D eigenvalue weighted by Gasteiger charge is -2.06. The maximum Gasteiger partial charge on any atom is 0.338 e. The summed E-state index contributed by atoms with van der Waals surface area (Å²) in [4.78, 5) is 25.9. The third-order valence-electron chi connectivity index (χ3n) is 3.12. The second-order valence-electron chi connectivity index (χ2n) is 4.32. The molecule has 6 nitrogen and oxygen atoms in total. The highest BCUT2D eigenvalue weighted by molar-refractivity contribution is 6.05. The van der Waals surface area contributed by atoms with E-state index in [1.807, 2.05) is 6.07 Å². The minimum Gasteiger partial charge on any atom is -0.465 e. The summed E-state index contributed by atoms with van der Waals surface area (Å²) >= 11 is 0. The van der Waals surface area contributed by atoms with Gasteiger partial charge in [-0.25, -0.2) is 4.79 Å². The summed E-state index contributed by atoms with van der Waals surface area (Å²) < 4.78 is 4.74. The Hall–Kier alpha value is -2.81. The highest BCUT2D eigenvalue weighted by Crippen LogP contribution is 2.25. The molecule has 0 unspecified atom stereocenters. The molecule has 3 N–H and O–H groups in total. The average Bonchev–Trinajstić information content (AvgIpc) is 2.86. The molecule has 1 atom stereocenters. The number of aromatic nitrogens is 1. The number of ether oxygens (including phenoxy) is 1. The summed E-state index contributed by atoms with van der Waals surface area (Å²) in [5.41, 5.74) is 6.99. The monoisotopic (exact) mass is 271 g/mol. The number of nitrogens with two attached hydrogens (primary N) is 1. The van der Waals surface area contributed by atoms with E-state index in [9.17, 15) is 9.59 Å². The van der Waals surface area contributed by atoms with Crippen molar-refractivity contribution in [3.63, 3.8) is 0 Å². The number of rotatable bonds is 4. The molecule has 0 saturated carbocycles. The molecule has 1 aromatic carbocycles. The normalized spacial score (nSPS) is 11.8. The number of aromatic amines is 1. The minimum absolute atomic E-state index is 0.153. The van der Waals surface area contributed by atoms with Gasteiger partial charge in [-0.05, 0) is 24.1 Å². The van der Waals surface area contributed by atoms with Crippen molar-refractivity contribution in [1.82, 2.24) is 4.98 Å². The molecule has 0 fully saturated rings. The fourth-order valence-corrected chi connectivity index (χ4v) is 2.13. The van der Waals surface area contributed by atoms with Crippen LogP contribution in [0.25, 0.3) is 10.9 Å². The van der Waals surface area contributed by atoms with E-state index in [1.54, 1.807) is 24.4 Å². The van der Waals surface area contributed by atoms with E-state index in [4.69, 9.17) is 15.7 Å². The lowest BCUT2D eigenvalue weighted by Crippen LogP contribution is -2.23. The molecule has 6 heteroatoms. The third kappa shape index (κ3) is 2.34. The number of benzene rings is 1. The highest BCUT2D eigenvalue weighted by Gasteiger charge is 2.20. The van der Waals surface area contributed by atoms with Crippen molar-refractivity contribution in [3.05, 3.63) is 35.5 Å². The van der Waals surface area contributed by atoms with Crippen molar-refractivity contribution in [3.8, 4) is 6.07 Å². The fourth-order valence-electron chi connectivity index (χ4n) is 2.13. The van der Waals surface area contributed by atoms with Crippen LogP contribution < -0.4 is 5.73 Å². The number of hydrogen-bond donors (Lipinski definition) is 2. The van der Waals surface area contributed by atoms with Crippen LogP contribution in [0.15, 0.2) is 24.4 Å².